The maximum atomic E-state index is 12.5. The van der Waals surface area contributed by atoms with Gasteiger partial charge in [-0.3, -0.25) is 4.79 Å². The largest absolute Gasteiger partial charge is 0.497 e. The van der Waals surface area contributed by atoms with Crippen LogP contribution in [0.1, 0.15) is 15.9 Å². The number of nitrogens with zero attached hydrogens (tertiary/aromatic N) is 1. The first-order chi connectivity index (χ1) is 15.9. The van der Waals surface area contributed by atoms with Crippen molar-refractivity contribution >= 4 is 35.2 Å². The molecule has 0 bridgehead atoms. The van der Waals surface area contributed by atoms with Gasteiger partial charge in [0.15, 0.2) is 11.5 Å². The molecule has 166 valence electrons. The molecule has 8 heteroatoms. The minimum absolute atomic E-state index is 0.139. The number of methoxy groups -OCH3 is 2. The van der Waals surface area contributed by atoms with Crippen LogP contribution in [0.4, 0.5) is 5.69 Å². The lowest BCUT2D eigenvalue weighted by Crippen LogP contribution is -2.13. The van der Waals surface area contributed by atoms with Gasteiger partial charge in [-0.2, -0.15) is 5.26 Å². The van der Waals surface area contributed by atoms with Crippen LogP contribution < -0.4 is 19.5 Å². The fraction of sp³-hybridized carbons (Fsp3) is 0.0800. The summed E-state index contributed by atoms with van der Waals surface area (Å²) in [5, 5.41) is 12.5. The van der Waals surface area contributed by atoms with Crippen molar-refractivity contribution in [2.75, 3.05) is 19.5 Å². The normalized spacial score (nSPS) is 10.7. The molecule has 0 spiro atoms. The van der Waals surface area contributed by atoms with Gasteiger partial charge in [0.05, 0.1) is 19.8 Å². The number of carbonyl (C=O) groups excluding carboxylic acids is 2. The van der Waals surface area contributed by atoms with Gasteiger partial charge in [-0.1, -0.05) is 23.7 Å². The molecule has 7 nitrogen and oxygen atoms in total. The van der Waals surface area contributed by atoms with E-state index in [1.54, 1.807) is 60.7 Å². The van der Waals surface area contributed by atoms with Gasteiger partial charge in [0.25, 0.3) is 5.91 Å². The van der Waals surface area contributed by atoms with Crippen LogP contribution in [0.15, 0.2) is 72.3 Å². The topological polar surface area (TPSA) is 97.7 Å². The molecule has 1 N–H and O–H groups in total. The standard InChI is InChI=1S/C25H19ClN2O5/c1-31-21-9-7-17(8-10-21)25(30)33-23-13-16(6-11-22(23)32-2)12-18(15-27)24(29)28-20-5-3-4-19(26)14-20/h3-14H,1-2H3,(H,28,29)/b18-12+. The maximum Gasteiger partial charge on any atom is 0.343 e. The molecule has 0 radical (unpaired) electrons. The third kappa shape index (κ3) is 6.12. The van der Waals surface area contributed by atoms with E-state index in [-0.39, 0.29) is 11.3 Å². The maximum absolute atomic E-state index is 12.5. The van der Waals surface area contributed by atoms with Crippen LogP contribution in [0.3, 0.4) is 0 Å². The number of rotatable bonds is 7. The zero-order chi connectivity index (χ0) is 23.8. The van der Waals surface area contributed by atoms with E-state index in [2.05, 4.69) is 5.32 Å². The molecular weight excluding hydrogens is 444 g/mol. The first kappa shape index (κ1) is 23.4. The summed E-state index contributed by atoms with van der Waals surface area (Å²) in [6.45, 7) is 0. The van der Waals surface area contributed by atoms with Crippen molar-refractivity contribution in [3.05, 3.63) is 88.5 Å². The van der Waals surface area contributed by atoms with Gasteiger partial charge in [0.1, 0.15) is 17.4 Å². The zero-order valence-electron chi connectivity index (χ0n) is 17.8. The number of carbonyl (C=O) groups is 2. The Morgan fingerprint density at radius 3 is 2.36 bits per heavy atom. The SMILES string of the molecule is COc1ccc(C(=O)Oc2cc(/C=C(\C#N)C(=O)Nc3cccc(Cl)c3)ccc2OC)cc1. The number of benzene rings is 3. The molecule has 0 saturated carbocycles. The molecule has 0 aliphatic heterocycles. The van der Waals surface area contributed by atoms with E-state index in [9.17, 15) is 14.9 Å². The average Bonchev–Trinajstić information content (AvgIpc) is 2.82. The van der Waals surface area contributed by atoms with Crippen LogP contribution in [0.25, 0.3) is 6.08 Å². The fourth-order valence-electron chi connectivity index (χ4n) is 2.83. The van der Waals surface area contributed by atoms with E-state index in [1.165, 1.54) is 26.4 Å². The Morgan fingerprint density at radius 1 is 0.970 bits per heavy atom. The number of halogens is 1. The lowest BCUT2D eigenvalue weighted by Gasteiger charge is -2.11. The molecule has 3 aromatic carbocycles. The van der Waals surface area contributed by atoms with Crippen LogP contribution >= 0.6 is 11.6 Å². The summed E-state index contributed by atoms with van der Waals surface area (Å²) in [5.74, 6) is -0.143. The van der Waals surface area contributed by atoms with Crippen molar-refractivity contribution in [1.29, 1.82) is 5.26 Å². The van der Waals surface area contributed by atoms with Crippen molar-refractivity contribution in [2.45, 2.75) is 0 Å². The number of nitrogens with one attached hydrogen (secondary N) is 1. The monoisotopic (exact) mass is 462 g/mol. The first-order valence-corrected chi connectivity index (χ1v) is 10.0. The molecule has 1 amide bonds. The molecule has 3 rings (SSSR count). The van der Waals surface area contributed by atoms with Gasteiger partial charge in [-0.05, 0) is 66.2 Å². The van der Waals surface area contributed by atoms with E-state index >= 15 is 0 Å². The van der Waals surface area contributed by atoms with Crippen LogP contribution in [0.2, 0.25) is 5.02 Å². The number of hydrogen-bond acceptors (Lipinski definition) is 6. The molecular formula is C25H19ClN2O5. The zero-order valence-corrected chi connectivity index (χ0v) is 18.6. The molecule has 0 unspecified atom stereocenters. The highest BCUT2D eigenvalue weighted by atomic mass is 35.5. The highest BCUT2D eigenvalue weighted by molar-refractivity contribution is 6.31. The summed E-state index contributed by atoms with van der Waals surface area (Å²) in [5.41, 5.74) is 1.09. The highest BCUT2D eigenvalue weighted by Crippen LogP contribution is 2.30. The third-order valence-electron chi connectivity index (χ3n) is 4.47. The predicted molar refractivity (Wildman–Crippen MR) is 125 cm³/mol. The van der Waals surface area contributed by atoms with Crippen molar-refractivity contribution in [2.24, 2.45) is 0 Å². The molecule has 3 aromatic rings. The van der Waals surface area contributed by atoms with Gasteiger partial charge >= 0.3 is 5.97 Å². The molecule has 0 aromatic heterocycles. The highest BCUT2D eigenvalue weighted by Gasteiger charge is 2.15. The van der Waals surface area contributed by atoms with Gasteiger partial charge < -0.3 is 19.5 Å². The predicted octanol–water partition coefficient (Wildman–Crippen LogP) is 5.12. The number of esters is 1. The van der Waals surface area contributed by atoms with Gasteiger partial charge in [-0.15, -0.1) is 0 Å². The fourth-order valence-corrected chi connectivity index (χ4v) is 3.02. The lowest BCUT2D eigenvalue weighted by atomic mass is 10.1. The Labute approximate surface area is 195 Å². The van der Waals surface area contributed by atoms with E-state index in [0.29, 0.717) is 33.3 Å². The Bertz CT molecular complexity index is 1250. The Balaban J connectivity index is 1.83. The smallest absolute Gasteiger partial charge is 0.343 e. The van der Waals surface area contributed by atoms with Crippen LogP contribution in [0.5, 0.6) is 17.2 Å². The third-order valence-corrected chi connectivity index (χ3v) is 4.71. The lowest BCUT2D eigenvalue weighted by molar-refractivity contribution is -0.112. The Morgan fingerprint density at radius 2 is 1.73 bits per heavy atom. The van der Waals surface area contributed by atoms with E-state index in [4.69, 9.17) is 25.8 Å². The Kier molecular flexibility index (Phi) is 7.68. The summed E-state index contributed by atoms with van der Waals surface area (Å²) < 4.78 is 15.8. The Hall–Kier alpha value is -4.28. The van der Waals surface area contributed by atoms with Crippen molar-refractivity contribution in [1.82, 2.24) is 0 Å². The molecule has 0 fully saturated rings. The van der Waals surface area contributed by atoms with Crippen molar-refractivity contribution in [3.8, 4) is 23.3 Å². The van der Waals surface area contributed by atoms with Gasteiger partial charge in [0, 0.05) is 10.7 Å². The summed E-state index contributed by atoms with van der Waals surface area (Å²) in [6, 6.07) is 19.6. The summed E-state index contributed by atoms with van der Waals surface area (Å²) in [4.78, 5) is 25.1. The molecule has 33 heavy (non-hydrogen) atoms. The second-order valence-corrected chi connectivity index (χ2v) is 7.10. The minimum Gasteiger partial charge on any atom is -0.497 e. The quantitative estimate of drug-likeness (QED) is 0.226. The van der Waals surface area contributed by atoms with E-state index in [1.807, 2.05) is 6.07 Å². The molecule has 0 heterocycles. The van der Waals surface area contributed by atoms with Crippen LogP contribution in [-0.4, -0.2) is 26.1 Å². The molecule has 0 saturated heterocycles. The summed E-state index contributed by atoms with van der Waals surface area (Å²) >= 11 is 5.93. The van der Waals surface area contributed by atoms with Crippen LogP contribution in [0, 0.1) is 11.3 Å². The second-order valence-electron chi connectivity index (χ2n) is 6.66. The molecule has 0 atom stereocenters. The minimum atomic E-state index is -0.604. The second kappa shape index (κ2) is 10.8. The number of ether oxygens (including phenoxy) is 3. The summed E-state index contributed by atoms with van der Waals surface area (Å²) in [7, 11) is 2.97. The van der Waals surface area contributed by atoms with Crippen molar-refractivity contribution in [3.63, 3.8) is 0 Å². The van der Waals surface area contributed by atoms with E-state index in [0.717, 1.165) is 0 Å². The summed E-state index contributed by atoms with van der Waals surface area (Å²) in [6.07, 6.45) is 1.38. The molecule has 0 aliphatic rings. The molecule has 0 aliphatic carbocycles. The number of nitriles is 1. The van der Waals surface area contributed by atoms with Crippen molar-refractivity contribution < 1.29 is 23.8 Å². The number of anilines is 1. The number of hydrogen-bond donors (Lipinski definition) is 1. The van der Waals surface area contributed by atoms with E-state index < -0.39 is 11.9 Å². The first-order valence-electron chi connectivity index (χ1n) is 9.66. The average molecular weight is 463 g/mol. The van der Waals surface area contributed by atoms with Crippen LogP contribution in [-0.2, 0) is 4.79 Å². The van der Waals surface area contributed by atoms with Gasteiger partial charge in [0.2, 0.25) is 0 Å². The number of amides is 1. The van der Waals surface area contributed by atoms with Gasteiger partial charge in [-0.25, -0.2) is 4.79 Å².